The van der Waals surface area contributed by atoms with Crippen molar-refractivity contribution in [1.29, 1.82) is 5.26 Å². The molecule has 0 aromatic heterocycles. The van der Waals surface area contributed by atoms with E-state index in [1.807, 2.05) is 0 Å². The summed E-state index contributed by atoms with van der Waals surface area (Å²) in [6.07, 6.45) is -0.251. The number of carboxylic acid groups (broad SMARTS) is 1. The van der Waals surface area contributed by atoms with E-state index in [1.54, 1.807) is 13.0 Å². The second kappa shape index (κ2) is 4.82. The molecule has 74 valence electrons. The first-order valence-corrected chi connectivity index (χ1v) is 5.48. The van der Waals surface area contributed by atoms with Crippen LogP contribution in [0.3, 0.4) is 0 Å². The maximum absolute atomic E-state index is 11.2. The highest BCUT2D eigenvalue weighted by atomic mass is 32.2. The Labute approximate surface area is 76.9 Å². The topological polar surface area (TPSA) is 95.2 Å². The minimum atomic E-state index is -3.56. The number of rotatable bonds is 5. The van der Waals surface area contributed by atoms with Gasteiger partial charge in [-0.15, -0.1) is 0 Å². The molecule has 0 fully saturated rings. The fraction of sp³-hybridized carbons (Fsp3) is 0.714. The molecule has 0 saturated carbocycles. The number of aliphatic carboxylic acids is 1. The lowest BCUT2D eigenvalue weighted by Crippen LogP contribution is -2.23. The Morgan fingerprint density at radius 1 is 1.62 bits per heavy atom. The van der Waals surface area contributed by atoms with Gasteiger partial charge in [-0.25, -0.2) is 8.42 Å². The van der Waals surface area contributed by atoms with E-state index < -0.39 is 33.2 Å². The van der Waals surface area contributed by atoms with Gasteiger partial charge in [-0.2, -0.15) is 5.26 Å². The van der Waals surface area contributed by atoms with Crippen LogP contribution in [-0.2, 0) is 14.6 Å². The van der Waals surface area contributed by atoms with E-state index >= 15 is 0 Å². The highest BCUT2D eigenvalue weighted by molar-refractivity contribution is 7.92. The summed E-state index contributed by atoms with van der Waals surface area (Å²) >= 11 is 0. The van der Waals surface area contributed by atoms with Gasteiger partial charge >= 0.3 is 5.97 Å². The summed E-state index contributed by atoms with van der Waals surface area (Å²) in [6.45, 7) is 1.58. The maximum atomic E-state index is 11.2. The lowest BCUT2D eigenvalue weighted by Gasteiger charge is -2.05. The van der Waals surface area contributed by atoms with E-state index in [9.17, 15) is 13.2 Å². The third kappa shape index (κ3) is 3.90. The second-order valence-corrected chi connectivity index (χ2v) is 4.84. The highest BCUT2D eigenvalue weighted by Gasteiger charge is 2.23. The van der Waals surface area contributed by atoms with E-state index in [0.717, 1.165) is 0 Å². The smallest absolute Gasteiger partial charge is 0.304 e. The number of hydrogen-bond acceptors (Lipinski definition) is 4. The molecule has 0 aliphatic carbocycles. The Bertz CT molecular complexity index is 314. The standard InChI is InChI=1S/C7H11NO4S/c1-2-6(5-8)13(11,12)4-3-7(9)10/h6H,2-4H2,1H3,(H,9,10). The van der Waals surface area contributed by atoms with Crippen molar-refractivity contribution < 1.29 is 18.3 Å². The van der Waals surface area contributed by atoms with Crippen molar-refractivity contribution in [2.75, 3.05) is 5.75 Å². The van der Waals surface area contributed by atoms with Gasteiger partial charge in [0.15, 0.2) is 9.84 Å². The van der Waals surface area contributed by atoms with Gasteiger partial charge < -0.3 is 5.11 Å². The Kier molecular flexibility index (Phi) is 4.42. The Hall–Kier alpha value is -1.09. The van der Waals surface area contributed by atoms with Crippen molar-refractivity contribution >= 4 is 15.8 Å². The second-order valence-electron chi connectivity index (χ2n) is 2.54. The molecule has 0 aliphatic rings. The molecule has 0 radical (unpaired) electrons. The lowest BCUT2D eigenvalue weighted by molar-refractivity contribution is -0.136. The SMILES string of the molecule is CCC(C#N)S(=O)(=O)CCC(=O)O. The van der Waals surface area contributed by atoms with Crippen LogP contribution in [-0.4, -0.2) is 30.5 Å². The molecule has 0 aromatic rings. The number of nitrogens with zero attached hydrogens (tertiary/aromatic N) is 1. The molecule has 0 heterocycles. The number of carbonyl (C=O) groups is 1. The normalized spacial score (nSPS) is 13.2. The zero-order valence-electron chi connectivity index (χ0n) is 7.23. The van der Waals surface area contributed by atoms with Gasteiger partial charge in [0.25, 0.3) is 0 Å². The third-order valence-corrected chi connectivity index (χ3v) is 3.63. The summed E-state index contributed by atoms with van der Waals surface area (Å²) in [7, 11) is -3.56. The first kappa shape index (κ1) is 11.9. The quantitative estimate of drug-likeness (QED) is 0.690. The molecule has 13 heavy (non-hydrogen) atoms. The van der Waals surface area contributed by atoms with Gasteiger partial charge in [-0.1, -0.05) is 6.92 Å². The van der Waals surface area contributed by atoms with Gasteiger partial charge in [0.1, 0.15) is 5.25 Å². The maximum Gasteiger partial charge on any atom is 0.304 e. The monoisotopic (exact) mass is 205 g/mol. The summed E-state index contributed by atoms with van der Waals surface area (Å²) < 4.78 is 22.4. The van der Waals surface area contributed by atoms with Crippen LogP contribution in [0.1, 0.15) is 19.8 Å². The summed E-state index contributed by atoms with van der Waals surface area (Å²) in [6, 6.07) is 1.63. The van der Waals surface area contributed by atoms with Crippen molar-refractivity contribution in [3.05, 3.63) is 0 Å². The van der Waals surface area contributed by atoms with Gasteiger partial charge in [0, 0.05) is 0 Å². The predicted octanol–water partition coefficient (Wildman–Crippen LogP) is 0.178. The zero-order chi connectivity index (χ0) is 10.5. The summed E-state index contributed by atoms with van der Waals surface area (Å²) in [5.41, 5.74) is 0. The van der Waals surface area contributed by atoms with E-state index in [-0.39, 0.29) is 6.42 Å². The van der Waals surface area contributed by atoms with Crippen LogP contribution >= 0.6 is 0 Å². The average Bonchev–Trinajstić information content (AvgIpc) is 2.03. The molecule has 0 amide bonds. The molecule has 0 aliphatic heterocycles. The number of sulfone groups is 1. The Balaban J connectivity index is 4.41. The lowest BCUT2D eigenvalue weighted by atomic mass is 10.4. The fourth-order valence-electron chi connectivity index (χ4n) is 0.797. The number of hydrogen-bond donors (Lipinski definition) is 1. The van der Waals surface area contributed by atoms with Crippen LogP contribution < -0.4 is 0 Å². The summed E-state index contributed by atoms with van der Waals surface area (Å²) in [5, 5.41) is 15.6. The van der Waals surface area contributed by atoms with E-state index in [1.165, 1.54) is 0 Å². The molecule has 5 nitrogen and oxygen atoms in total. The van der Waals surface area contributed by atoms with Gasteiger partial charge in [-0.3, -0.25) is 4.79 Å². The van der Waals surface area contributed by atoms with Crippen molar-refractivity contribution in [1.82, 2.24) is 0 Å². The number of carboxylic acids is 1. The van der Waals surface area contributed by atoms with Gasteiger partial charge in [0.05, 0.1) is 18.2 Å². The molecule has 6 heteroatoms. The molecule has 1 unspecified atom stereocenters. The van der Waals surface area contributed by atoms with Crippen molar-refractivity contribution in [2.24, 2.45) is 0 Å². The summed E-state index contributed by atoms with van der Waals surface area (Å²) in [5.74, 6) is -1.63. The minimum Gasteiger partial charge on any atom is -0.481 e. The van der Waals surface area contributed by atoms with Crippen LogP contribution in [0.2, 0.25) is 0 Å². The van der Waals surface area contributed by atoms with E-state index in [4.69, 9.17) is 10.4 Å². The first-order chi connectivity index (χ1) is 5.94. The minimum absolute atomic E-state index is 0.193. The predicted molar refractivity (Wildman–Crippen MR) is 45.7 cm³/mol. The average molecular weight is 205 g/mol. The molecule has 1 N–H and O–H groups in total. The third-order valence-electron chi connectivity index (χ3n) is 1.55. The largest absolute Gasteiger partial charge is 0.481 e. The Morgan fingerprint density at radius 3 is 2.46 bits per heavy atom. The van der Waals surface area contributed by atoms with E-state index in [0.29, 0.717) is 0 Å². The van der Waals surface area contributed by atoms with Crippen molar-refractivity contribution in [3.63, 3.8) is 0 Å². The molecular formula is C7H11NO4S. The molecule has 0 spiro atoms. The fourth-order valence-corrected chi connectivity index (χ4v) is 2.21. The first-order valence-electron chi connectivity index (χ1n) is 3.77. The molecular weight excluding hydrogens is 194 g/mol. The molecule has 0 aromatic carbocycles. The Morgan fingerprint density at radius 2 is 2.15 bits per heavy atom. The van der Waals surface area contributed by atoms with E-state index in [2.05, 4.69) is 0 Å². The molecule has 0 rings (SSSR count). The van der Waals surface area contributed by atoms with Gasteiger partial charge in [0.2, 0.25) is 0 Å². The van der Waals surface area contributed by atoms with Crippen LogP contribution in [0.4, 0.5) is 0 Å². The van der Waals surface area contributed by atoms with Crippen LogP contribution in [0.15, 0.2) is 0 Å². The number of nitriles is 1. The zero-order valence-corrected chi connectivity index (χ0v) is 8.04. The van der Waals surface area contributed by atoms with Crippen LogP contribution in [0.5, 0.6) is 0 Å². The van der Waals surface area contributed by atoms with Crippen LogP contribution in [0, 0.1) is 11.3 Å². The summed E-state index contributed by atoms with van der Waals surface area (Å²) in [4.78, 5) is 10.1. The highest BCUT2D eigenvalue weighted by Crippen LogP contribution is 2.07. The molecule has 0 saturated heterocycles. The molecule has 1 atom stereocenters. The van der Waals surface area contributed by atoms with Gasteiger partial charge in [-0.05, 0) is 6.42 Å². The van der Waals surface area contributed by atoms with Crippen molar-refractivity contribution in [3.8, 4) is 6.07 Å². The molecule has 0 bridgehead atoms. The van der Waals surface area contributed by atoms with Crippen molar-refractivity contribution in [2.45, 2.75) is 25.0 Å². The van der Waals surface area contributed by atoms with Crippen LogP contribution in [0.25, 0.3) is 0 Å².